The van der Waals surface area contributed by atoms with Gasteiger partial charge in [-0.1, -0.05) is 13.3 Å². The Balaban J connectivity index is 2.53. The first kappa shape index (κ1) is 18.5. The zero-order valence-corrected chi connectivity index (χ0v) is 13.5. The molecule has 126 valence electrons. The normalized spacial score (nSPS) is 11.3. The van der Waals surface area contributed by atoms with Crippen molar-refractivity contribution in [2.75, 3.05) is 13.7 Å². The number of nitrogens with one attached hydrogen (secondary N) is 2. The second-order valence-corrected chi connectivity index (χ2v) is 4.84. The number of hydrogen-bond acceptors (Lipinski definition) is 5. The van der Waals surface area contributed by atoms with Gasteiger partial charge in [-0.2, -0.15) is 0 Å². The first-order valence-electron chi connectivity index (χ1n) is 7.44. The highest BCUT2D eigenvalue weighted by atomic mass is 16.5. The van der Waals surface area contributed by atoms with Crippen molar-refractivity contribution >= 4 is 17.9 Å². The van der Waals surface area contributed by atoms with Crippen molar-refractivity contribution < 1.29 is 23.9 Å². The van der Waals surface area contributed by atoms with E-state index < -0.39 is 24.0 Å². The lowest BCUT2D eigenvalue weighted by Crippen LogP contribution is -2.43. The number of rotatable bonds is 7. The minimum Gasteiger partial charge on any atom is -0.494 e. The van der Waals surface area contributed by atoms with Gasteiger partial charge in [0.1, 0.15) is 5.75 Å². The highest BCUT2D eigenvalue weighted by molar-refractivity contribution is 5.98. The molecule has 0 radical (unpaired) electrons. The van der Waals surface area contributed by atoms with Crippen molar-refractivity contribution in [1.82, 2.24) is 10.6 Å². The van der Waals surface area contributed by atoms with E-state index in [1.54, 1.807) is 24.3 Å². The molecule has 1 rings (SSSR count). The van der Waals surface area contributed by atoms with Gasteiger partial charge in [-0.05, 0) is 37.6 Å². The lowest BCUT2D eigenvalue weighted by atomic mass is 10.2. The highest BCUT2D eigenvalue weighted by Gasteiger charge is 2.20. The summed E-state index contributed by atoms with van der Waals surface area (Å²) in [6.45, 7) is 4.08. The predicted molar refractivity (Wildman–Crippen MR) is 84.3 cm³/mol. The molecule has 0 fully saturated rings. The number of carbonyl (C=O) groups excluding carboxylic acids is 3. The van der Waals surface area contributed by atoms with Crippen LogP contribution in [-0.4, -0.2) is 37.7 Å². The Bertz CT molecular complexity index is 542. The number of esters is 1. The van der Waals surface area contributed by atoms with Crippen LogP contribution in [0.4, 0.5) is 4.79 Å². The van der Waals surface area contributed by atoms with Crippen LogP contribution >= 0.6 is 0 Å². The molecule has 0 aromatic heterocycles. The average molecular weight is 322 g/mol. The van der Waals surface area contributed by atoms with Crippen LogP contribution in [-0.2, 0) is 9.53 Å². The van der Waals surface area contributed by atoms with E-state index in [9.17, 15) is 14.4 Å². The summed E-state index contributed by atoms with van der Waals surface area (Å²) < 4.78 is 10.5. The third-order valence-corrected chi connectivity index (χ3v) is 2.97. The van der Waals surface area contributed by atoms with E-state index in [2.05, 4.69) is 12.2 Å². The van der Waals surface area contributed by atoms with Gasteiger partial charge in [0.25, 0.3) is 5.91 Å². The molecule has 0 saturated carbocycles. The monoisotopic (exact) mass is 322 g/mol. The third kappa shape index (κ3) is 6.37. The smallest absolute Gasteiger partial charge is 0.338 e. The Morgan fingerprint density at radius 3 is 2.39 bits per heavy atom. The number of amides is 3. The van der Waals surface area contributed by atoms with Crippen LogP contribution in [0.25, 0.3) is 0 Å². The second kappa shape index (κ2) is 9.45. The Hall–Kier alpha value is -2.57. The number of ether oxygens (including phenoxy) is 2. The van der Waals surface area contributed by atoms with Crippen molar-refractivity contribution in [1.29, 1.82) is 0 Å². The summed E-state index contributed by atoms with van der Waals surface area (Å²) in [5.41, 5.74) is 0.299. The Labute approximate surface area is 135 Å². The van der Waals surface area contributed by atoms with Gasteiger partial charge in [0.05, 0.1) is 12.2 Å². The number of carbonyl (C=O) groups is 3. The number of benzene rings is 1. The maximum Gasteiger partial charge on any atom is 0.338 e. The average Bonchev–Trinajstić information content (AvgIpc) is 2.55. The molecule has 0 bridgehead atoms. The van der Waals surface area contributed by atoms with Crippen LogP contribution in [0, 0.1) is 0 Å². The van der Waals surface area contributed by atoms with Crippen LogP contribution in [0.3, 0.4) is 0 Å². The minimum atomic E-state index is -1.08. The predicted octanol–water partition coefficient (Wildman–Crippen LogP) is 1.87. The van der Waals surface area contributed by atoms with Crippen molar-refractivity contribution in [3.8, 4) is 5.75 Å². The molecule has 0 aliphatic rings. The summed E-state index contributed by atoms with van der Waals surface area (Å²) in [7, 11) is 1.38. The summed E-state index contributed by atoms with van der Waals surface area (Å²) in [5.74, 6) is -0.678. The Kier molecular flexibility index (Phi) is 7.59. The van der Waals surface area contributed by atoms with Crippen LogP contribution in [0.2, 0.25) is 0 Å². The van der Waals surface area contributed by atoms with Gasteiger partial charge in [-0.15, -0.1) is 0 Å². The van der Waals surface area contributed by atoms with Gasteiger partial charge in [-0.25, -0.2) is 9.59 Å². The number of unbranched alkanes of at least 4 members (excludes halogenated alkanes) is 1. The molecule has 2 N–H and O–H groups in total. The summed E-state index contributed by atoms with van der Waals surface area (Å²) in [6.07, 6.45) is 0.919. The molecular formula is C16H22N2O5. The molecular weight excluding hydrogens is 300 g/mol. The molecule has 23 heavy (non-hydrogen) atoms. The zero-order chi connectivity index (χ0) is 17.2. The fourth-order valence-electron chi connectivity index (χ4n) is 1.58. The lowest BCUT2D eigenvalue weighted by molar-refractivity contribution is -0.127. The fourth-order valence-corrected chi connectivity index (χ4v) is 1.58. The third-order valence-electron chi connectivity index (χ3n) is 2.97. The van der Waals surface area contributed by atoms with E-state index in [1.165, 1.54) is 14.0 Å². The van der Waals surface area contributed by atoms with E-state index in [4.69, 9.17) is 9.47 Å². The second-order valence-electron chi connectivity index (χ2n) is 4.84. The Morgan fingerprint density at radius 1 is 1.17 bits per heavy atom. The van der Waals surface area contributed by atoms with Crippen molar-refractivity contribution in [2.24, 2.45) is 0 Å². The maximum atomic E-state index is 11.9. The van der Waals surface area contributed by atoms with Crippen LogP contribution in [0.15, 0.2) is 24.3 Å². The maximum absolute atomic E-state index is 11.9. The van der Waals surface area contributed by atoms with E-state index in [0.29, 0.717) is 17.9 Å². The molecule has 0 aliphatic carbocycles. The first-order valence-corrected chi connectivity index (χ1v) is 7.44. The first-order chi connectivity index (χ1) is 11.0. The Morgan fingerprint density at radius 2 is 1.83 bits per heavy atom. The molecule has 0 heterocycles. The van der Waals surface area contributed by atoms with Crippen molar-refractivity contribution in [3.63, 3.8) is 0 Å². The van der Waals surface area contributed by atoms with E-state index >= 15 is 0 Å². The quantitative estimate of drug-likeness (QED) is 0.590. The van der Waals surface area contributed by atoms with Gasteiger partial charge in [-0.3, -0.25) is 10.1 Å². The summed E-state index contributed by atoms with van der Waals surface area (Å²) >= 11 is 0. The minimum absolute atomic E-state index is 0.299. The highest BCUT2D eigenvalue weighted by Crippen LogP contribution is 2.14. The van der Waals surface area contributed by atoms with Gasteiger partial charge in [0.2, 0.25) is 0 Å². The molecule has 0 spiro atoms. The molecule has 7 heteroatoms. The molecule has 0 unspecified atom stereocenters. The molecule has 1 aromatic rings. The van der Waals surface area contributed by atoms with Crippen LogP contribution in [0.5, 0.6) is 5.75 Å². The molecule has 7 nitrogen and oxygen atoms in total. The molecule has 3 amide bonds. The molecule has 0 saturated heterocycles. The van der Waals surface area contributed by atoms with Crippen LogP contribution in [0.1, 0.15) is 37.0 Å². The van der Waals surface area contributed by atoms with Crippen LogP contribution < -0.4 is 15.4 Å². The molecule has 0 aliphatic heterocycles. The number of imide groups is 1. The van der Waals surface area contributed by atoms with Gasteiger partial charge in [0.15, 0.2) is 6.10 Å². The SMILES string of the molecule is CCCCOc1ccc(C(=O)O[C@H](C)C(=O)NC(=O)NC)cc1. The topological polar surface area (TPSA) is 93.7 Å². The summed E-state index contributed by atoms with van der Waals surface area (Å²) in [4.78, 5) is 34.6. The van der Waals surface area contributed by atoms with E-state index in [1.807, 2.05) is 5.32 Å². The van der Waals surface area contributed by atoms with E-state index in [0.717, 1.165) is 12.8 Å². The molecule has 1 atom stereocenters. The standard InChI is InChI=1S/C16H22N2O5/c1-4-5-10-22-13-8-6-12(7-9-13)15(20)23-11(2)14(19)18-16(21)17-3/h6-9,11H,4-5,10H2,1-3H3,(H2,17,18,19,21)/t11-/m1/s1. The molecule has 1 aromatic carbocycles. The van der Waals surface area contributed by atoms with E-state index in [-0.39, 0.29) is 0 Å². The summed E-state index contributed by atoms with van der Waals surface area (Å²) in [5, 5.41) is 4.28. The van der Waals surface area contributed by atoms with Gasteiger partial charge < -0.3 is 14.8 Å². The van der Waals surface area contributed by atoms with Gasteiger partial charge in [0, 0.05) is 7.05 Å². The number of hydrogen-bond donors (Lipinski definition) is 2. The van der Waals surface area contributed by atoms with Crippen molar-refractivity contribution in [3.05, 3.63) is 29.8 Å². The number of urea groups is 1. The lowest BCUT2D eigenvalue weighted by Gasteiger charge is -2.13. The zero-order valence-electron chi connectivity index (χ0n) is 13.5. The van der Waals surface area contributed by atoms with Crippen molar-refractivity contribution in [2.45, 2.75) is 32.8 Å². The fraction of sp³-hybridized carbons (Fsp3) is 0.438. The van der Waals surface area contributed by atoms with Gasteiger partial charge >= 0.3 is 12.0 Å². The largest absolute Gasteiger partial charge is 0.494 e. The summed E-state index contributed by atoms with van der Waals surface area (Å²) in [6, 6.07) is 5.80.